The third-order valence-corrected chi connectivity index (χ3v) is 4.62. The van der Waals surface area contributed by atoms with E-state index in [1.54, 1.807) is 19.1 Å². The molecule has 1 saturated heterocycles. The van der Waals surface area contributed by atoms with Crippen LogP contribution < -0.4 is 15.0 Å². The number of carbonyl (C=O) groups is 2. The maximum absolute atomic E-state index is 14.2. The lowest BCUT2D eigenvalue weighted by Gasteiger charge is -2.18. The van der Waals surface area contributed by atoms with Crippen LogP contribution in [0.2, 0.25) is 0 Å². The van der Waals surface area contributed by atoms with Crippen LogP contribution >= 0.6 is 0 Å². The smallest absolute Gasteiger partial charge is 0.227 e. The number of aryl methyl sites for hydroxylation is 1. The van der Waals surface area contributed by atoms with E-state index in [4.69, 9.17) is 4.74 Å². The van der Waals surface area contributed by atoms with Crippen LogP contribution in [-0.2, 0) is 16.1 Å². The highest BCUT2D eigenvalue weighted by molar-refractivity contribution is 6.00. The molecule has 0 saturated carbocycles. The van der Waals surface area contributed by atoms with E-state index in [0.29, 0.717) is 13.2 Å². The van der Waals surface area contributed by atoms with Crippen LogP contribution in [0.25, 0.3) is 0 Å². The van der Waals surface area contributed by atoms with Crippen molar-refractivity contribution in [3.63, 3.8) is 0 Å². The maximum Gasteiger partial charge on any atom is 0.227 e. The largest absolute Gasteiger partial charge is 0.494 e. The molecule has 1 aliphatic heterocycles. The second-order valence-corrected chi connectivity index (χ2v) is 6.62. The fraction of sp³-hybridized carbons (Fsp3) is 0.333. The van der Waals surface area contributed by atoms with Crippen LogP contribution in [-0.4, -0.2) is 25.0 Å². The predicted molar refractivity (Wildman–Crippen MR) is 101 cm³/mol. The van der Waals surface area contributed by atoms with E-state index in [2.05, 4.69) is 5.32 Å². The number of hydrogen-bond donors (Lipinski definition) is 1. The standard InChI is InChI=1S/C21H23FN2O3/c1-3-27-19-7-5-4-6-15(19)12-23-21(26)16-11-20(25)24(13-16)18-9-8-14(2)10-17(18)22/h4-10,16H,3,11-13H2,1-2H3,(H,23,26). The summed E-state index contributed by atoms with van der Waals surface area (Å²) in [5, 5.41) is 2.86. The van der Waals surface area contributed by atoms with Gasteiger partial charge < -0.3 is 15.0 Å². The highest BCUT2D eigenvalue weighted by Crippen LogP contribution is 2.28. The molecule has 0 spiro atoms. The van der Waals surface area contributed by atoms with Gasteiger partial charge in [0, 0.05) is 25.1 Å². The number of rotatable bonds is 6. The average molecular weight is 370 g/mol. The van der Waals surface area contributed by atoms with E-state index in [-0.39, 0.29) is 30.5 Å². The van der Waals surface area contributed by atoms with Gasteiger partial charge in [0.05, 0.1) is 18.2 Å². The van der Waals surface area contributed by atoms with Crippen molar-refractivity contribution in [2.45, 2.75) is 26.8 Å². The summed E-state index contributed by atoms with van der Waals surface area (Å²) in [4.78, 5) is 26.2. The van der Waals surface area contributed by atoms with E-state index in [1.807, 2.05) is 31.2 Å². The number of amides is 2. The number of ether oxygens (including phenoxy) is 1. The molecule has 1 heterocycles. The minimum atomic E-state index is -0.502. The third kappa shape index (κ3) is 4.27. The Balaban J connectivity index is 1.64. The van der Waals surface area contributed by atoms with Crippen LogP contribution in [0.5, 0.6) is 5.75 Å². The lowest BCUT2D eigenvalue weighted by Crippen LogP contribution is -2.33. The van der Waals surface area contributed by atoms with Gasteiger partial charge in [-0.05, 0) is 37.6 Å². The Morgan fingerprint density at radius 2 is 2.07 bits per heavy atom. The molecule has 0 aliphatic carbocycles. The van der Waals surface area contributed by atoms with Crippen LogP contribution in [0, 0.1) is 18.7 Å². The quantitative estimate of drug-likeness (QED) is 0.850. The topological polar surface area (TPSA) is 58.6 Å². The summed E-state index contributed by atoms with van der Waals surface area (Å²) in [7, 11) is 0. The molecular weight excluding hydrogens is 347 g/mol. The van der Waals surface area contributed by atoms with Gasteiger partial charge in [-0.2, -0.15) is 0 Å². The number of nitrogens with one attached hydrogen (secondary N) is 1. The predicted octanol–water partition coefficient (Wildman–Crippen LogP) is 3.20. The molecule has 27 heavy (non-hydrogen) atoms. The minimum absolute atomic E-state index is 0.0757. The molecule has 1 fully saturated rings. The Morgan fingerprint density at radius 1 is 1.30 bits per heavy atom. The number of benzene rings is 2. The molecule has 2 aromatic rings. The molecule has 6 heteroatoms. The monoisotopic (exact) mass is 370 g/mol. The molecule has 0 radical (unpaired) electrons. The van der Waals surface area contributed by atoms with Gasteiger partial charge in [0.15, 0.2) is 0 Å². The summed E-state index contributed by atoms with van der Waals surface area (Å²) in [6.07, 6.45) is 0.0757. The zero-order valence-electron chi connectivity index (χ0n) is 15.5. The lowest BCUT2D eigenvalue weighted by atomic mass is 10.1. The van der Waals surface area contributed by atoms with Crippen molar-refractivity contribution < 1.29 is 18.7 Å². The Labute approximate surface area is 158 Å². The van der Waals surface area contributed by atoms with E-state index < -0.39 is 11.7 Å². The molecule has 1 atom stereocenters. The van der Waals surface area contributed by atoms with Crippen molar-refractivity contribution in [2.75, 3.05) is 18.1 Å². The number of carbonyl (C=O) groups excluding carboxylic acids is 2. The summed E-state index contributed by atoms with van der Waals surface area (Å²) in [6, 6.07) is 12.2. The summed E-state index contributed by atoms with van der Waals surface area (Å²) in [5.74, 6) is -0.684. The number of anilines is 1. The second-order valence-electron chi connectivity index (χ2n) is 6.62. The van der Waals surface area contributed by atoms with Crippen LogP contribution in [0.4, 0.5) is 10.1 Å². The first-order valence-electron chi connectivity index (χ1n) is 9.04. The van der Waals surface area contributed by atoms with Gasteiger partial charge in [-0.3, -0.25) is 9.59 Å². The van der Waals surface area contributed by atoms with E-state index in [0.717, 1.165) is 16.9 Å². The van der Waals surface area contributed by atoms with Crippen molar-refractivity contribution in [1.29, 1.82) is 0 Å². The Kier molecular flexibility index (Phi) is 5.74. The number of hydrogen-bond acceptors (Lipinski definition) is 3. The molecule has 1 N–H and O–H groups in total. The van der Waals surface area contributed by atoms with E-state index >= 15 is 0 Å². The van der Waals surface area contributed by atoms with Gasteiger partial charge >= 0.3 is 0 Å². The van der Waals surface area contributed by atoms with Crippen molar-refractivity contribution in [1.82, 2.24) is 5.32 Å². The number of halogens is 1. The Hall–Kier alpha value is -2.89. The molecule has 1 aliphatic rings. The summed E-state index contributed by atoms with van der Waals surface area (Å²) >= 11 is 0. The van der Waals surface area contributed by atoms with Gasteiger partial charge in [0.25, 0.3) is 0 Å². The van der Waals surface area contributed by atoms with Gasteiger partial charge in [0.1, 0.15) is 11.6 Å². The van der Waals surface area contributed by atoms with Crippen LogP contribution in [0.1, 0.15) is 24.5 Å². The fourth-order valence-electron chi connectivity index (χ4n) is 3.22. The first-order chi connectivity index (χ1) is 13.0. The summed E-state index contributed by atoms with van der Waals surface area (Å²) in [6.45, 7) is 4.73. The summed E-state index contributed by atoms with van der Waals surface area (Å²) < 4.78 is 19.7. The highest BCUT2D eigenvalue weighted by Gasteiger charge is 2.36. The van der Waals surface area contributed by atoms with Crippen LogP contribution in [0.3, 0.4) is 0 Å². The SMILES string of the molecule is CCOc1ccccc1CNC(=O)C1CC(=O)N(c2ccc(C)cc2F)C1. The molecule has 3 rings (SSSR count). The van der Waals surface area contributed by atoms with Gasteiger partial charge in [-0.15, -0.1) is 0 Å². The summed E-state index contributed by atoms with van der Waals surface area (Å²) in [5.41, 5.74) is 1.88. The highest BCUT2D eigenvalue weighted by atomic mass is 19.1. The Bertz CT molecular complexity index is 853. The first kappa shape index (κ1) is 18.9. The minimum Gasteiger partial charge on any atom is -0.494 e. The van der Waals surface area contributed by atoms with Crippen molar-refractivity contribution in [3.05, 3.63) is 59.4 Å². The number of nitrogens with zero attached hydrogens (tertiary/aromatic N) is 1. The third-order valence-electron chi connectivity index (χ3n) is 4.62. The molecular formula is C21H23FN2O3. The van der Waals surface area contributed by atoms with Crippen molar-refractivity contribution >= 4 is 17.5 Å². The van der Waals surface area contributed by atoms with E-state index in [1.165, 1.54) is 11.0 Å². The van der Waals surface area contributed by atoms with E-state index in [9.17, 15) is 14.0 Å². The second kappa shape index (κ2) is 8.20. The molecule has 0 bridgehead atoms. The van der Waals surface area contributed by atoms with Gasteiger partial charge in [-0.1, -0.05) is 24.3 Å². The van der Waals surface area contributed by atoms with Crippen molar-refractivity contribution in [2.24, 2.45) is 5.92 Å². The average Bonchev–Trinajstić information content (AvgIpc) is 3.03. The molecule has 5 nitrogen and oxygen atoms in total. The van der Waals surface area contributed by atoms with Gasteiger partial charge in [0.2, 0.25) is 11.8 Å². The molecule has 142 valence electrons. The van der Waals surface area contributed by atoms with Gasteiger partial charge in [-0.25, -0.2) is 4.39 Å². The fourth-order valence-corrected chi connectivity index (χ4v) is 3.22. The molecule has 2 amide bonds. The Morgan fingerprint density at radius 3 is 2.81 bits per heavy atom. The van der Waals surface area contributed by atoms with Crippen molar-refractivity contribution in [3.8, 4) is 5.75 Å². The zero-order valence-corrected chi connectivity index (χ0v) is 15.5. The molecule has 2 aromatic carbocycles. The van der Waals surface area contributed by atoms with Crippen LogP contribution in [0.15, 0.2) is 42.5 Å². The lowest BCUT2D eigenvalue weighted by molar-refractivity contribution is -0.126. The molecule has 1 unspecified atom stereocenters. The number of para-hydroxylation sites is 1. The molecule has 0 aromatic heterocycles. The first-order valence-corrected chi connectivity index (χ1v) is 9.04. The maximum atomic E-state index is 14.2. The zero-order chi connectivity index (χ0) is 19.4. The normalized spacial score (nSPS) is 16.5.